The van der Waals surface area contributed by atoms with Gasteiger partial charge in [0.05, 0.1) is 0 Å². The Morgan fingerprint density at radius 2 is 1.95 bits per heavy atom. The molecule has 0 unspecified atom stereocenters. The number of hydrogen-bond donors (Lipinski definition) is 2. The molecule has 20 heavy (non-hydrogen) atoms. The van der Waals surface area contributed by atoms with Crippen LogP contribution in [0.15, 0.2) is 0 Å². The molecule has 2 amide bonds. The first-order valence-corrected chi connectivity index (χ1v) is 8.24. The highest BCUT2D eigenvalue weighted by molar-refractivity contribution is 5.74. The molecule has 2 N–H and O–H groups in total. The van der Waals surface area contributed by atoms with Crippen molar-refractivity contribution in [2.75, 3.05) is 19.7 Å². The van der Waals surface area contributed by atoms with Crippen LogP contribution in [-0.2, 0) is 0 Å². The molecule has 0 spiro atoms. The third-order valence-electron chi connectivity index (χ3n) is 5.38. The largest absolute Gasteiger partial charge is 0.396 e. The Balaban J connectivity index is 1.83. The predicted octanol–water partition coefficient (Wildman–Crippen LogP) is 2.76. The fourth-order valence-electron chi connectivity index (χ4n) is 3.54. The van der Waals surface area contributed by atoms with Gasteiger partial charge in [-0.2, -0.15) is 0 Å². The summed E-state index contributed by atoms with van der Waals surface area (Å²) in [6.45, 7) is 6.10. The van der Waals surface area contributed by atoms with E-state index in [2.05, 4.69) is 19.2 Å². The molecule has 4 nitrogen and oxygen atoms in total. The van der Waals surface area contributed by atoms with Gasteiger partial charge in [0, 0.05) is 25.7 Å². The van der Waals surface area contributed by atoms with Crippen LogP contribution in [0, 0.1) is 11.3 Å². The average molecular weight is 282 g/mol. The van der Waals surface area contributed by atoms with E-state index >= 15 is 0 Å². The van der Waals surface area contributed by atoms with Crippen molar-refractivity contribution in [2.24, 2.45) is 11.3 Å². The van der Waals surface area contributed by atoms with Gasteiger partial charge in [-0.3, -0.25) is 0 Å². The Labute approximate surface area is 122 Å². The molecule has 2 fully saturated rings. The molecule has 2 aliphatic rings. The lowest BCUT2D eigenvalue weighted by molar-refractivity contribution is 0.0682. The van der Waals surface area contributed by atoms with Crippen LogP contribution < -0.4 is 5.32 Å². The maximum atomic E-state index is 12.4. The van der Waals surface area contributed by atoms with Gasteiger partial charge in [0.2, 0.25) is 0 Å². The number of aliphatic hydroxyl groups is 1. The molecule has 0 aromatic carbocycles. The second-order valence-corrected chi connectivity index (χ2v) is 6.96. The Hall–Kier alpha value is -0.770. The predicted molar refractivity (Wildman–Crippen MR) is 80.6 cm³/mol. The smallest absolute Gasteiger partial charge is 0.317 e. The number of rotatable bonds is 3. The van der Waals surface area contributed by atoms with Crippen LogP contribution in [0.2, 0.25) is 0 Å². The molecule has 1 aliphatic heterocycles. The van der Waals surface area contributed by atoms with Gasteiger partial charge < -0.3 is 15.3 Å². The van der Waals surface area contributed by atoms with Crippen LogP contribution in [0.3, 0.4) is 0 Å². The maximum Gasteiger partial charge on any atom is 0.317 e. The molecule has 1 aliphatic carbocycles. The van der Waals surface area contributed by atoms with E-state index in [1.807, 2.05) is 4.90 Å². The SMILES string of the molecule is CC[C@@H]1CCCC[C@H]1NC(=O)N1CCC(C)(CO)CC1. The molecule has 0 aromatic heterocycles. The number of aliphatic hydroxyl groups excluding tert-OH is 1. The molecule has 2 rings (SSSR count). The van der Waals surface area contributed by atoms with Gasteiger partial charge in [-0.1, -0.05) is 33.1 Å². The summed E-state index contributed by atoms with van der Waals surface area (Å²) >= 11 is 0. The van der Waals surface area contributed by atoms with Crippen LogP contribution in [0.5, 0.6) is 0 Å². The molecule has 1 saturated carbocycles. The van der Waals surface area contributed by atoms with Crippen LogP contribution in [0.4, 0.5) is 4.79 Å². The summed E-state index contributed by atoms with van der Waals surface area (Å²) in [7, 11) is 0. The molecule has 116 valence electrons. The highest BCUT2D eigenvalue weighted by Crippen LogP contribution is 2.31. The van der Waals surface area contributed by atoms with Gasteiger partial charge in [0.15, 0.2) is 0 Å². The molecular formula is C16H30N2O2. The summed E-state index contributed by atoms with van der Waals surface area (Å²) < 4.78 is 0. The lowest BCUT2D eigenvalue weighted by Crippen LogP contribution is -2.52. The number of piperidine rings is 1. The first kappa shape index (κ1) is 15.6. The van der Waals surface area contributed by atoms with E-state index < -0.39 is 0 Å². The van der Waals surface area contributed by atoms with Crippen LogP contribution in [-0.4, -0.2) is 41.8 Å². The fraction of sp³-hybridized carbons (Fsp3) is 0.938. The number of carbonyl (C=O) groups excluding carboxylic acids is 1. The minimum atomic E-state index is 0.00751. The van der Waals surface area contributed by atoms with Crippen molar-refractivity contribution in [3.8, 4) is 0 Å². The fourth-order valence-corrected chi connectivity index (χ4v) is 3.54. The van der Waals surface area contributed by atoms with Gasteiger partial charge in [-0.15, -0.1) is 0 Å². The van der Waals surface area contributed by atoms with Crippen molar-refractivity contribution in [1.82, 2.24) is 10.2 Å². The molecule has 4 heteroatoms. The first-order chi connectivity index (χ1) is 9.58. The Morgan fingerprint density at radius 1 is 1.30 bits per heavy atom. The zero-order valence-electron chi connectivity index (χ0n) is 13.0. The Bertz CT molecular complexity index is 324. The minimum absolute atomic E-state index is 0.00751. The monoisotopic (exact) mass is 282 g/mol. The zero-order valence-corrected chi connectivity index (χ0v) is 13.0. The van der Waals surface area contributed by atoms with Gasteiger partial charge in [-0.05, 0) is 37.0 Å². The van der Waals surface area contributed by atoms with E-state index in [0.717, 1.165) is 38.8 Å². The summed E-state index contributed by atoms with van der Waals surface area (Å²) in [6.07, 6.45) is 7.90. The first-order valence-electron chi connectivity index (χ1n) is 8.24. The topological polar surface area (TPSA) is 52.6 Å². The molecule has 2 atom stereocenters. The van der Waals surface area contributed by atoms with Crippen LogP contribution in [0.25, 0.3) is 0 Å². The maximum absolute atomic E-state index is 12.4. The number of hydrogen-bond acceptors (Lipinski definition) is 2. The summed E-state index contributed by atoms with van der Waals surface area (Å²) in [5.74, 6) is 0.653. The van der Waals surface area contributed by atoms with Crippen molar-refractivity contribution in [1.29, 1.82) is 0 Å². The van der Waals surface area contributed by atoms with E-state index in [9.17, 15) is 9.90 Å². The normalized spacial score (nSPS) is 30.1. The summed E-state index contributed by atoms with van der Waals surface area (Å²) in [6, 6.07) is 0.475. The van der Waals surface area contributed by atoms with Crippen molar-refractivity contribution >= 4 is 6.03 Å². The van der Waals surface area contributed by atoms with Crippen molar-refractivity contribution < 1.29 is 9.90 Å². The number of nitrogens with one attached hydrogen (secondary N) is 1. The van der Waals surface area contributed by atoms with E-state index in [1.54, 1.807) is 0 Å². The van der Waals surface area contributed by atoms with Crippen molar-refractivity contribution in [2.45, 2.75) is 64.8 Å². The molecule has 0 aromatic rings. The Morgan fingerprint density at radius 3 is 2.55 bits per heavy atom. The van der Waals surface area contributed by atoms with Crippen LogP contribution >= 0.6 is 0 Å². The highest BCUT2D eigenvalue weighted by atomic mass is 16.3. The molecule has 1 saturated heterocycles. The lowest BCUT2D eigenvalue weighted by atomic mass is 9.81. The summed E-state index contributed by atoms with van der Waals surface area (Å²) in [5.41, 5.74) is 0.00751. The standard InChI is InChI=1S/C16H30N2O2/c1-3-13-6-4-5-7-14(13)17-15(20)18-10-8-16(2,12-19)9-11-18/h13-14,19H,3-12H2,1-2H3,(H,17,20)/t13-,14-/m1/s1. The van der Waals surface area contributed by atoms with Gasteiger partial charge in [0.1, 0.15) is 0 Å². The van der Waals surface area contributed by atoms with E-state index in [1.165, 1.54) is 19.3 Å². The molecular weight excluding hydrogens is 252 g/mol. The second-order valence-electron chi connectivity index (χ2n) is 6.96. The van der Waals surface area contributed by atoms with Gasteiger partial charge >= 0.3 is 6.03 Å². The number of carbonyl (C=O) groups is 1. The van der Waals surface area contributed by atoms with Crippen molar-refractivity contribution in [3.05, 3.63) is 0 Å². The van der Waals surface area contributed by atoms with Crippen molar-refractivity contribution in [3.63, 3.8) is 0 Å². The number of amides is 2. The van der Waals surface area contributed by atoms with E-state index in [-0.39, 0.29) is 18.1 Å². The number of urea groups is 1. The second kappa shape index (κ2) is 6.79. The summed E-state index contributed by atoms with van der Waals surface area (Å²) in [5, 5.41) is 12.6. The summed E-state index contributed by atoms with van der Waals surface area (Å²) in [4.78, 5) is 14.3. The third-order valence-corrected chi connectivity index (χ3v) is 5.38. The minimum Gasteiger partial charge on any atom is -0.396 e. The van der Waals surface area contributed by atoms with Gasteiger partial charge in [-0.25, -0.2) is 4.79 Å². The zero-order chi connectivity index (χ0) is 14.6. The van der Waals surface area contributed by atoms with Crippen LogP contribution in [0.1, 0.15) is 58.8 Å². The highest BCUT2D eigenvalue weighted by Gasteiger charge is 2.33. The lowest BCUT2D eigenvalue weighted by Gasteiger charge is -2.39. The van der Waals surface area contributed by atoms with Gasteiger partial charge in [0.25, 0.3) is 0 Å². The number of nitrogens with zero attached hydrogens (tertiary/aromatic N) is 1. The quantitative estimate of drug-likeness (QED) is 0.836. The Kier molecular flexibility index (Phi) is 5.30. The third kappa shape index (κ3) is 3.66. The molecule has 0 bridgehead atoms. The molecule has 1 heterocycles. The van der Waals surface area contributed by atoms with E-state index in [4.69, 9.17) is 0 Å². The van der Waals surface area contributed by atoms with E-state index in [0.29, 0.717) is 12.0 Å². The molecule has 0 radical (unpaired) electrons. The number of likely N-dealkylation sites (tertiary alicyclic amines) is 1. The average Bonchev–Trinajstić information content (AvgIpc) is 2.48.